The minimum atomic E-state index is -0.497. The van der Waals surface area contributed by atoms with E-state index in [0.29, 0.717) is 6.42 Å². The lowest BCUT2D eigenvalue weighted by molar-refractivity contribution is -0.142. The van der Waals surface area contributed by atoms with Gasteiger partial charge in [-0.1, -0.05) is 24.3 Å². The summed E-state index contributed by atoms with van der Waals surface area (Å²) in [5.41, 5.74) is 1.10. The van der Waals surface area contributed by atoms with Gasteiger partial charge in [-0.05, 0) is 24.3 Å². The van der Waals surface area contributed by atoms with E-state index in [9.17, 15) is 14.0 Å². The number of rotatable bonds is 6. The Morgan fingerprint density at radius 1 is 1.12 bits per heavy atom. The number of para-hydroxylation sites is 1. The van der Waals surface area contributed by atoms with Crippen molar-refractivity contribution in [2.45, 2.75) is 12.8 Å². The summed E-state index contributed by atoms with van der Waals surface area (Å²) in [6.45, 7) is -0.387. The van der Waals surface area contributed by atoms with Crippen molar-refractivity contribution in [2.75, 3.05) is 6.61 Å². The van der Waals surface area contributed by atoms with E-state index >= 15 is 0 Å². The van der Waals surface area contributed by atoms with Crippen molar-refractivity contribution in [2.24, 2.45) is 0 Å². The molecule has 0 atom stereocenters. The zero-order chi connectivity index (χ0) is 16.9. The molecule has 0 spiro atoms. The molecule has 0 amide bonds. The molecule has 0 fully saturated rings. The standard InChI is InChI=1S/C18H14FNO3S/c19-13-5-3-4-12(10-13)15(21)11-23-18(22)9-8-17-20-14-6-1-2-7-16(14)24-17/h1-7,10H,8-9,11H2. The van der Waals surface area contributed by atoms with Crippen LogP contribution in [-0.2, 0) is 16.0 Å². The van der Waals surface area contributed by atoms with E-state index in [2.05, 4.69) is 4.98 Å². The topological polar surface area (TPSA) is 56.3 Å². The van der Waals surface area contributed by atoms with Crippen LogP contribution in [0.5, 0.6) is 0 Å². The third-order valence-electron chi connectivity index (χ3n) is 3.39. The molecule has 0 radical (unpaired) electrons. The Bertz CT molecular complexity index is 858. The third kappa shape index (κ3) is 4.02. The summed E-state index contributed by atoms with van der Waals surface area (Å²) >= 11 is 1.53. The molecule has 24 heavy (non-hydrogen) atoms. The molecule has 3 rings (SSSR count). The number of carbonyl (C=O) groups excluding carboxylic acids is 2. The molecule has 2 aromatic carbocycles. The average Bonchev–Trinajstić information content (AvgIpc) is 3.00. The summed E-state index contributed by atoms with van der Waals surface area (Å²) in [5.74, 6) is -1.40. The van der Waals surface area contributed by atoms with Gasteiger partial charge in [0.15, 0.2) is 12.4 Å². The predicted molar refractivity (Wildman–Crippen MR) is 89.6 cm³/mol. The Hall–Kier alpha value is -2.60. The molecule has 4 nitrogen and oxygen atoms in total. The fourth-order valence-corrected chi connectivity index (χ4v) is 3.17. The molecule has 0 saturated heterocycles. The highest BCUT2D eigenvalue weighted by atomic mass is 32.1. The van der Waals surface area contributed by atoms with Crippen LogP contribution >= 0.6 is 11.3 Å². The first kappa shape index (κ1) is 16.3. The highest BCUT2D eigenvalue weighted by Gasteiger charge is 2.12. The van der Waals surface area contributed by atoms with Crippen LogP contribution in [0.15, 0.2) is 48.5 Å². The second-order valence-corrected chi connectivity index (χ2v) is 6.28. The first-order valence-corrected chi connectivity index (χ1v) is 8.22. The fraction of sp³-hybridized carbons (Fsp3) is 0.167. The largest absolute Gasteiger partial charge is 0.457 e. The van der Waals surface area contributed by atoms with Crippen molar-refractivity contribution in [1.82, 2.24) is 4.98 Å². The molecule has 0 aliphatic rings. The van der Waals surface area contributed by atoms with Crippen molar-refractivity contribution >= 4 is 33.3 Å². The number of ether oxygens (including phenoxy) is 1. The summed E-state index contributed by atoms with van der Waals surface area (Å²) in [4.78, 5) is 28.0. The van der Waals surface area contributed by atoms with Crippen molar-refractivity contribution in [3.05, 3.63) is 64.9 Å². The number of carbonyl (C=O) groups is 2. The number of nitrogens with zero attached hydrogens (tertiary/aromatic N) is 1. The summed E-state index contributed by atoms with van der Waals surface area (Å²) in [6, 6.07) is 13.1. The van der Waals surface area contributed by atoms with Gasteiger partial charge in [-0.3, -0.25) is 9.59 Å². The summed E-state index contributed by atoms with van der Waals surface area (Å²) in [7, 11) is 0. The average molecular weight is 343 g/mol. The minimum Gasteiger partial charge on any atom is -0.457 e. The molecule has 1 heterocycles. The van der Waals surface area contributed by atoms with Gasteiger partial charge in [-0.15, -0.1) is 11.3 Å². The van der Waals surface area contributed by atoms with E-state index in [-0.39, 0.29) is 18.6 Å². The zero-order valence-electron chi connectivity index (χ0n) is 12.7. The van der Waals surface area contributed by atoms with Gasteiger partial charge in [0.05, 0.1) is 21.6 Å². The molecule has 0 aliphatic heterocycles. The molecule has 0 aliphatic carbocycles. The van der Waals surface area contributed by atoms with Gasteiger partial charge in [-0.2, -0.15) is 0 Å². The molecule has 3 aromatic rings. The van der Waals surface area contributed by atoms with Gasteiger partial charge >= 0.3 is 5.97 Å². The minimum absolute atomic E-state index is 0.149. The van der Waals surface area contributed by atoms with Gasteiger partial charge in [0.2, 0.25) is 0 Å². The zero-order valence-corrected chi connectivity index (χ0v) is 13.5. The Balaban J connectivity index is 1.49. The number of aromatic nitrogens is 1. The van der Waals surface area contributed by atoms with Crippen LogP contribution in [-0.4, -0.2) is 23.3 Å². The highest BCUT2D eigenvalue weighted by molar-refractivity contribution is 7.18. The van der Waals surface area contributed by atoms with E-state index in [1.165, 1.54) is 29.5 Å². The van der Waals surface area contributed by atoms with Crippen molar-refractivity contribution < 1.29 is 18.7 Å². The number of hydrogen-bond donors (Lipinski definition) is 0. The molecule has 6 heteroatoms. The number of ketones is 1. The number of thiazole rings is 1. The van der Waals surface area contributed by atoms with Gasteiger partial charge in [0.25, 0.3) is 0 Å². The molecule has 0 unspecified atom stereocenters. The molecule has 0 saturated carbocycles. The van der Waals surface area contributed by atoms with E-state index in [0.717, 1.165) is 21.3 Å². The van der Waals surface area contributed by atoms with E-state index < -0.39 is 17.6 Å². The van der Waals surface area contributed by atoms with Crippen molar-refractivity contribution in [1.29, 1.82) is 0 Å². The van der Waals surface area contributed by atoms with Crippen LogP contribution < -0.4 is 0 Å². The second kappa shape index (κ2) is 7.31. The van der Waals surface area contributed by atoms with Crippen LogP contribution in [0.4, 0.5) is 4.39 Å². The molecule has 0 N–H and O–H groups in total. The normalized spacial score (nSPS) is 10.7. The Kier molecular flexibility index (Phi) is 4.96. The van der Waals surface area contributed by atoms with Gasteiger partial charge in [-0.25, -0.2) is 9.37 Å². The number of hydrogen-bond acceptors (Lipinski definition) is 5. The fourth-order valence-electron chi connectivity index (χ4n) is 2.20. The van der Waals surface area contributed by atoms with Crippen LogP contribution in [0.25, 0.3) is 10.2 Å². The lowest BCUT2D eigenvalue weighted by atomic mass is 10.1. The monoisotopic (exact) mass is 343 g/mol. The lowest BCUT2D eigenvalue weighted by Crippen LogP contribution is -2.14. The summed E-state index contributed by atoms with van der Waals surface area (Å²) in [6.07, 6.45) is 0.614. The summed E-state index contributed by atoms with van der Waals surface area (Å²) in [5, 5.41) is 0.851. The van der Waals surface area contributed by atoms with Crippen LogP contribution in [0.2, 0.25) is 0 Å². The number of esters is 1. The summed E-state index contributed by atoms with van der Waals surface area (Å²) < 4.78 is 19.1. The molecule has 0 bridgehead atoms. The van der Waals surface area contributed by atoms with Crippen molar-refractivity contribution in [3.8, 4) is 0 Å². The van der Waals surface area contributed by atoms with E-state index in [1.54, 1.807) is 0 Å². The first-order valence-electron chi connectivity index (χ1n) is 7.40. The van der Waals surface area contributed by atoms with Gasteiger partial charge in [0.1, 0.15) is 5.82 Å². The number of Topliss-reactive ketones (excluding diaryl/α,β-unsaturated/α-hetero) is 1. The molecule has 1 aromatic heterocycles. The second-order valence-electron chi connectivity index (χ2n) is 5.17. The van der Waals surface area contributed by atoms with Crippen molar-refractivity contribution in [3.63, 3.8) is 0 Å². The van der Waals surface area contributed by atoms with Gasteiger partial charge in [0, 0.05) is 12.0 Å². The Morgan fingerprint density at radius 3 is 2.75 bits per heavy atom. The SMILES string of the molecule is O=C(CCc1nc2ccccc2s1)OCC(=O)c1cccc(F)c1. The number of aryl methyl sites for hydroxylation is 1. The Labute approximate surface area is 141 Å². The maximum Gasteiger partial charge on any atom is 0.306 e. The smallest absolute Gasteiger partial charge is 0.306 e. The quantitative estimate of drug-likeness (QED) is 0.505. The number of fused-ring (bicyclic) bond motifs is 1. The first-order chi connectivity index (χ1) is 11.6. The Morgan fingerprint density at radius 2 is 1.96 bits per heavy atom. The molecular weight excluding hydrogens is 329 g/mol. The highest BCUT2D eigenvalue weighted by Crippen LogP contribution is 2.22. The molecular formula is C18H14FNO3S. The van der Waals surface area contributed by atoms with Crippen LogP contribution in [0.3, 0.4) is 0 Å². The number of benzene rings is 2. The van der Waals surface area contributed by atoms with Gasteiger partial charge < -0.3 is 4.74 Å². The number of halogens is 1. The van der Waals surface area contributed by atoms with Crippen LogP contribution in [0.1, 0.15) is 21.8 Å². The maximum absolute atomic E-state index is 13.1. The molecule has 122 valence electrons. The van der Waals surface area contributed by atoms with Crippen LogP contribution in [0, 0.1) is 5.82 Å². The maximum atomic E-state index is 13.1. The third-order valence-corrected chi connectivity index (χ3v) is 4.49. The van der Waals surface area contributed by atoms with E-state index in [1.807, 2.05) is 24.3 Å². The van der Waals surface area contributed by atoms with E-state index in [4.69, 9.17) is 4.74 Å². The lowest BCUT2D eigenvalue weighted by Gasteiger charge is -2.04. The predicted octanol–water partition coefficient (Wildman–Crippen LogP) is 3.79.